The van der Waals surface area contributed by atoms with E-state index in [1.807, 2.05) is 52.0 Å². The van der Waals surface area contributed by atoms with Gasteiger partial charge in [-0.05, 0) is 57.0 Å². The number of aryl methyl sites for hydroxylation is 4. The van der Waals surface area contributed by atoms with E-state index in [0.717, 1.165) is 22.5 Å². The number of benzene rings is 1. The van der Waals surface area contributed by atoms with Gasteiger partial charge >= 0.3 is 0 Å². The molecule has 0 aliphatic heterocycles. The van der Waals surface area contributed by atoms with E-state index in [-0.39, 0.29) is 5.78 Å². The number of nitrogens with zero attached hydrogens (tertiary/aromatic N) is 1. The number of carbonyl (C=O) groups is 1. The van der Waals surface area contributed by atoms with E-state index >= 15 is 0 Å². The third-order valence-electron chi connectivity index (χ3n) is 3.36. The molecule has 0 unspecified atom stereocenters. The van der Waals surface area contributed by atoms with Crippen LogP contribution in [0.15, 0.2) is 24.3 Å². The first-order chi connectivity index (χ1) is 9.43. The van der Waals surface area contributed by atoms with E-state index in [9.17, 15) is 4.79 Å². The molecule has 0 aliphatic rings. The summed E-state index contributed by atoms with van der Waals surface area (Å²) in [7, 11) is 1.59. The number of ketones is 1. The van der Waals surface area contributed by atoms with Crippen LogP contribution in [0.25, 0.3) is 0 Å². The summed E-state index contributed by atoms with van der Waals surface area (Å²) < 4.78 is 5.37. The van der Waals surface area contributed by atoms with E-state index in [1.165, 1.54) is 0 Å². The average Bonchev–Trinajstić information content (AvgIpc) is 2.37. The standard InChI is InChI=1S/C17H19NO2/c1-10-8-11(2)16(15(9-10)20-5)17(19)14-7-6-12(3)18-13(14)4/h6-9H,1-5H3. The summed E-state index contributed by atoms with van der Waals surface area (Å²) in [5.41, 5.74) is 4.90. The molecule has 1 heterocycles. The van der Waals surface area contributed by atoms with Gasteiger partial charge in [0.25, 0.3) is 0 Å². The van der Waals surface area contributed by atoms with Crippen LogP contribution in [0, 0.1) is 27.7 Å². The van der Waals surface area contributed by atoms with Crippen LogP contribution in [0.2, 0.25) is 0 Å². The molecular formula is C17H19NO2. The highest BCUT2D eigenvalue weighted by Crippen LogP contribution is 2.27. The van der Waals surface area contributed by atoms with Crippen LogP contribution in [0.3, 0.4) is 0 Å². The second-order valence-electron chi connectivity index (χ2n) is 5.07. The molecule has 0 N–H and O–H groups in total. The van der Waals surface area contributed by atoms with E-state index in [2.05, 4.69) is 4.98 Å². The monoisotopic (exact) mass is 269 g/mol. The highest BCUT2D eigenvalue weighted by Gasteiger charge is 2.19. The minimum absolute atomic E-state index is 0.0376. The van der Waals surface area contributed by atoms with Gasteiger partial charge < -0.3 is 4.74 Å². The second-order valence-corrected chi connectivity index (χ2v) is 5.07. The van der Waals surface area contributed by atoms with Gasteiger partial charge in [0, 0.05) is 17.0 Å². The Morgan fingerprint density at radius 2 is 1.80 bits per heavy atom. The van der Waals surface area contributed by atoms with Crippen molar-refractivity contribution in [3.05, 3.63) is 57.9 Å². The van der Waals surface area contributed by atoms with Gasteiger partial charge in [0.15, 0.2) is 5.78 Å². The highest BCUT2D eigenvalue weighted by molar-refractivity contribution is 6.12. The lowest BCUT2D eigenvalue weighted by molar-refractivity contribution is 0.103. The lowest BCUT2D eigenvalue weighted by atomic mass is 9.95. The molecule has 0 atom stereocenters. The molecule has 1 aromatic carbocycles. The number of ether oxygens (including phenoxy) is 1. The van der Waals surface area contributed by atoms with Crippen molar-refractivity contribution >= 4 is 5.78 Å². The first kappa shape index (κ1) is 14.3. The van der Waals surface area contributed by atoms with Crippen LogP contribution >= 0.6 is 0 Å². The van der Waals surface area contributed by atoms with E-state index < -0.39 is 0 Å². The average molecular weight is 269 g/mol. The van der Waals surface area contributed by atoms with Crippen LogP contribution in [0.1, 0.15) is 38.4 Å². The smallest absolute Gasteiger partial charge is 0.198 e. The molecule has 0 spiro atoms. The topological polar surface area (TPSA) is 39.2 Å². The van der Waals surface area contributed by atoms with Crippen LogP contribution in [0.5, 0.6) is 5.75 Å². The van der Waals surface area contributed by atoms with Crippen LogP contribution in [-0.4, -0.2) is 17.9 Å². The SMILES string of the molecule is COc1cc(C)cc(C)c1C(=O)c1ccc(C)nc1C. The molecular weight excluding hydrogens is 250 g/mol. The van der Waals surface area contributed by atoms with Gasteiger partial charge in [0.1, 0.15) is 5.75 Å². The van der Waals surface area contributed by atoms with Gasteiger partial charge in [-0.25, -0.2) is 0 Å². The van der Waals surface area contributed by atoms with Crippen LogP contribution < -0.4 is 4.74 Å². The quantitative estimate of drug-likeness (QED) is 0.800. The molecule has 3 nitrogen and oxygen atoms in total. The molecule has 2 rings (SSSR count). The highest BCUT2D eigenvalue weighted by atomic mass is 16.5. The summed E-state index contributed by atoms with van der Waals surface area (Å²) in [4.78, 5) is 17.1. The molecule has 2 aromatic rings. The molecule has 3 heteroatoms. The Morgan fingerprint density at radius 1 is 1.10 bits per heavy atom. The van der Waals surface area contributed by atoms with Crippen molar-refractivity contribution in [1.82, 2.24) is 4.98 Å². The summed E-state index contributed by atoms with van der Waals surface area (Å²) in [6.07, 6.45) is 0. The molecule has 0 saturated heterocycles. The Bertz CT molecular complexity index is 675. The van der Waals surface area contributed by atoms with Crippen molar-refractivity contribution in [2.75, 3.05) is 7.11 Å². The van der Waals surface area contributed by atoms with E-state index in [4.69, 9.17) is 4.74 Å². The Labute approximate surface area is 119 Å². The van der Waals surface area contributed by atoms with Gasteiger partial charge in [-0.2, -0.15) is 0 Å². The molecule has 0 bridgehead atoms. The van der Waals surface area contributed by atoms with Crippen molar-refractivity contribution in [3.8, 4) is 5.75 Å². The lowest BCUT2D eigenvalue weighted by Gasteiger charge is -2.13. The molecule has 0 fully saturated rings. The van der Waals surface area contributed by atoms with E-state index in [0.29, 0.717) is 16.9 Å². The van der Waals surface area contributed by atoms with Crippen molar-refractivity contribution in [3.63, 3.8) is 0 Å². The zero-order valence-electron chi connectivity index (χ0n) is 12.6. The van der Waals surface area contributed by atoms with Gasteiger partial charge in [-0.15, -0.1) is 0 Å². The molecule has 20 heavy (non-hydrogen) atoms. The van der Waals surface area contributed by atoms with Crippen LogP contribution in [-0.2, 0) is 0 Å². The number of pyridine rings is 1. The minimum Gasteiger partial charge on any atom is -0.496 e. The summed E-state index contributed by atoms with van der Waals surface area (Å²) in [5, 5.41) is 0. The molecule has 0 aliphatic carbocycles. The Kier molecular flexibility index (Phi) is 3.89. The van der Waals surface area contributed by atoms with Crippen molar-refractivity contribution in [2.45, 2.75) is 27.7 Å². The molecule has 1 aromatic heterocycles. The van der Waals surface area contributed by atoms with Crippen molar-refractivity contribution < 1.29 is 9.53 Å². The number of rotatable bonds is 3. The normalized spacial score (nSPS) is 10.4. The summed E-state index contributed by atoms with van der Waals surface area (Å²) in [6, 6.07) is 7.57. The van der Waals surface area contributed by atoms with Gasteiger partial charge in [0.05, 0.1) is 12.7 Å². The zero-order chi connectivity index (χ0) is 14.9. The molecule has 0 radical (unpaired) electrons. The third-order valence-corrected chi connectivity index (χ3v) is 3.36. The first-order valence-electron chi connectivity index (χ1n) is 6.58. The Hall–Kier alpha value is -2.16. The predicted octanol–water partition coefficient (Wildman–Crippen LogP) is 3.55. The maximum absolute atomic E-state index is 12.8. The zero-order valence-corrected chi connectivity index (χ0v) is 12.6. The lowest BCUT2D eigenvalue weighted by Crippen LogP contribution is -2.09. The molecule has 104 valence electrons. The largest absolute Gasteiger partial charge is 0.496 e. The summed E-state index contributed by atoms with van der Waals surface area (Å²) in [6.45, 7) is 7.69. The summed E-state index contributed by atoms with van der Waals surface area (Å²) >= 11 is 0. The second kappa shape index (κ2) is 5.45. The predicted molar refractivity (Wildman–Crippen MR) is 79.6 cm³/mol. The first-order valence-corrected chi connectivity index (χ1v) is 6.58. The Morgan fingerprint density at radius 3 is 2.40 bits per heavy atom. The summed E-state index contributed by atoms with van der Waals surface area (Å²) in [5.74, 6) is 0.580. The number of carbonyl (C=O) groups excluding carboxylic acids is 1. The number of hydrogen-bond donors (Lipinski definition) is 0. The van der Waals surface area contributed by atoms with Crippen LogP contribution in [0.4, 0.5) is 0 Å². The van der Waals surface area contributed by atoms with Crippen molar-refractivity contribution in [2.24, 2.45) is 0 Å². The maximum atomic E-state index is 12.8. The molecule has 0 amide bonds. The van der Waals surface area contributed by atoms with Gasteiger partial charge in [0.2, 0.25) is 0 Å². The number of aromatic nitrogens is 1. The maximum Gasteiger partial charge on any atom is 0.198 e. The molecule has 0 saturated carbocycles. The van der Waals surface area contributed by atoms with Gasteiger partial charge in [-0.3, -0.25) is 9.78 Å². The third kappa shape index (κ3) is 2.57. The number of methoxy groups -OCH3 is 1. The van der Waals surface area contributed by atoms with Crippen molar-refractivity contribution in [1.29, 1.82) is 0 Å². The Balaban J connectivity index is 2.59. The van der Waals surface area contributed by atoms with Gasteiger partial charge in [-0.1, -0.05) is 6.07 Å². The number of hydrogen-bond acceptors (Lipinski definition) is 3. The fraction of sp³-hybridized carbons (Fsp3) is 0.294. The fourth-order valence-electron chi connectivity index (χ4n) is 2.44. The minimum atomic E-state index is -0.0376. The van der Waals surface area contributed by atoms with E-state index in [1.54, 1.807) is 7.11 Å². The fourth-order valence-corrected chi connectivity index (χ4v) is 2.44.